The summed E-state index contributed by atoms with van der Waals surface area (Å²) in [6.07, 6.45) is 6.42. The lowest BCUT2D eigenvalue weighted by atomic mass is 10.0. The van der Waals surface area contributed by atoms with E-state index in [4.69, 9.17) is 0 Å². The number of nitrogens with zero attached hydrogens (tertiary/aromatic N) is 2. The fourth-order valence-corrected chi connectivity index (χ4v) is 2.22. The SMILES string of the molecule is CN=C(NCCCCNc1ccccn1)NC(C)CCC(C)C. The van der Waals surface area contributed by atoms with Gasteiger partial charge in [0.05, 0.1) is 0 Å². The van der Waals surface area contributed by atoms with Crippen LogP contribution >= 0.6 is 0 Å². The largest absolute Gasteiger partial charge is 0.370 e. The van der Waals surface area contributed by atoms with Crippen molar-refractivity contribution in [3.8, 4) is 0 Å². The second kappa shape index (κ2) is 11.7. The molecule has 0 amide bonds. The summed E-state index contributed by atoms with van der Waals surface area (Å²) < 4.78 is 0. The van der Waals surface area contributed by atoms with E-state index < -0.39 is 0 Å². The number of nitrogens with one attached hydrogen (secondary N) is 3. The van der Waals surface area contributed by atoms with E-state index in [2.05, 4.69) is 46.7 Å². The topological polar surface area (TPSA) is 61.3 Å². The highest BCUT2D eigenvalue weighted by molar-refractivity contribution is 5.79. The highest BCUT2D eigenvalue weighted by Crippen LogP contribution is 2.06. The lowest BCUT2D eigenvalue weighted by Crippen LogP contribution is -2.42. The Bertz CT molecular complexity index is 430. The lowest BCUT2D eigenvalue weighted by molar-refractivity contribution is 0.489. The fraction of sp³-hybridized carbons (Fsp3) is 0.667. The van der Waals surface area contributed by atoms with Crippen LogP contribution in [-0.2, 0) is 0 Å². The zero-order chi connectivity index (χ0) is 16.9. The van der Waals surface area contributed by atoms with Crippen molar-refractivity contribution >= 4 is 11.8 Å². The number of unbranched alkanes of at least 4 members (excludes halogenated alkanes) is 1. The van der Waals surface area contributed by atoms with Crippen molar-refractivity contribution in [1.29, 1.82) is 0 Å². The maximum absolute atomic E-state index is 4.29. The number of hydrogen-bond acceptors (Lipinski definition) is 3. The molecule has 3 N–H and O–H groups in total. The van der Waals surface area contributed by atoms with Crippen molar-refractivity contribution in [2.75, 3.05) is 25.5 Å². The summed E-state index contributed by atoms with van der Waals surface area (Å²) in [5.74, 6) is 2.59. The van der Waals surface area contributed by atoms with Gasteiger partial charge in [0.1, 0.15) is 5.82 Å². The summed E-state index contributed by atoms with van der Waals surface area (Å²) >= 11 is 0. The minimum atomic E-state index is 0.453. The van der Waals surface area contributed by atoms with Gasteiger partial charge in [0.15, 0.2) is 5.96 Å². The molecule has 0 saturated heterocycles. The minimum absolute atomic E-state index is 0.453. The van der Waals surface area contributed by atoms with Gasteiger partial charge in [-0.05, 0) is 50.7 Å². The number of pyridine rings is 1. The zero-order valence-corrected chi connectivity index (χ0v) is 15.1. The molecular weight excluding hydrogens is 286 g/mol. The van der Waals surface area contributed by atoms with Gasteiger partial charge in [-0.15, -0.1) is 0 Å². The molecule has 0 aliphatic heterocycles. The molecule has 0 aliphatic carbocycles. The van der Waals surface area contributed by atoms with Crippen molar-refractivity contribution in [2.24, 2.45) is 10.9 Å². The van der Waals surface area contributed by atoms with Crippen LogP contribution in [0.25, 0.3) is 0 Å². The molecule has 1 aromatic heterocycles. The van der Waals surface area contributed by atoms with E-state index in [9.17, 15) is 0 Å². The molecule has 5 nitrogen and oxygen atoms in total. The molecule has 5 heteroatoms. The van der Waals surface area contributed by atoms with Crippen molar-refractivity contribution in [2.45, 2.75) is 52.5 Å². The molecule has 1 atom stereocenters. The van der Waals surface area contributed by atoms with Crippen LogP contribution in [0, 0.1) is 5.92 Å². The van der Waals surface area contributed by atoms with Crippen LogP contribution in [0.1, 0.15) is 46.5 Å². The highest BCUT2D eigenvalue weighted by Gasteiger charge is 2.05. The van der Waals surface area contributed by atoms with Gasteiger partial charge in [0, 0.05) is 32.4 Å². The summed E-state index contributed by atoms with van der Waals surface area (Å²) in [6, 6.07) is 6.36. The van der Waals surface area contributed by atoms with Crippen LogP contribution in [0.15, 0.2) is 29.4 Å². The van der Waals surface area contributed by atoms with E-state index in [0.29, 0.717) is 6.04 Å². The zero-order valence-electron chi connectivity index (χ0n) is 15.1. The maximum Gasteiger partial charge on any atom is 0.191 e. The Hall–Kier alpha value is -1.78. The van der Waals surface area contributed by atoms with Gasteiger partial charge in [-0.1, -0.05) is 19.9 Å². The van der Waals surface area contributed by atoms with Crippen LogP contribution in [0.5, 0.6) is 0 Å². The summed E-state index contributed by atoms with van der Waals surface area (Å²) in [7, 11) is 1.83. The smallest absolute Gasteiger partial charge is 0.191 e. The third-order valence-electron chi connectivity index (χ3n) is 3.65. The average Bonchev–Trinajstić information content (AvgIpc) is 2.55. The highest BCUT2D eigenvalue weighted by atomic mass is 15.2. The monoisotopic (exact) mass is 319 g/mol. The van der Waals surface area contributed by atoms with Crippen LogP contribution in [0.3, 0.4) is 0 Å². The standard InChI is InChI=1S/C18H33N5/c1-15(2)10-11-16(3)23-18(19-4)22-14-8-7-13-21-17-9-5-6-12-20-17/h5-6,9,12,15-16H,7-8,10-11,13-14H2,1-4H3,(H,20,21)(H2,19,22,23). The minimum Gasteiger partial charge on any atom is -0.370 e. The molecule has 0 saturated carbocycles. The number of anilines is 1. The predicted molar refractivity (Wildman–Crippen MR) is 100.0 cm³/mol. The molecule has 0 bridgehead atoms. The molecule has 0 aliphatic rings. The molecule has 0 radical (unpaired) electrons. The van der Waals surface area contributed by atoms with Gasteiger partial charge in [0.2, 0.25) is 0 Å². The normalized spacial score (nSPS) is 13.0. The molecule has 0 aromatic carbocycles. The molecule has 1 heterocycles. The number of aliphatic imine (C=N–C) groups is 1. The number of hydrogen-bond donors (Lipinski definition) is 3. The average molecular weight is 319 g/mol. The first-order valence-electron chi connectivity index (χ1n) is 8.74. The molecule has 1 rings (SSSR count). The Morgan fingerprint density at radius 3 is 2.57 bits per heavy atom. The number of aromatic nitrogens is 1. The van der Waals surface area contributed by atoms with Gasteiger partial charge in [-0.2, -0.15) is 0 Å². The van der Waals surface area contributed by atoms with Gasteiger partial charge in [-0.3, -0.25) is 4.99 Å². The van der Waals surface area contributed by atoms with Crippen LogP contribution in [-0.4, -0.2) is 37.1 Å². The molecule has 0 fully saturated rings. The second-order valence-corrected chi connectivity index (χ2v) is 6.36. The number of rotatable bonds is 10. The van der Waals surface area contributed by atoms with E-state index in [1.165, 1.54) is 12.8 Å². The van der Waals surface area contributed by atoms with E-state index in [1.54, 1.807) is 6.20 Å². The van der Waals surface area contributed by atoms with E-state index >= 15 is 0 Å². The van der Waals surface area contributed by atoms with Gasteiger partial charge in [0.25, 0.3) is 0 Å². The Morgan fingerprint density at radius 1 is 1.13 bits per heavy atom. The molecule has 130 valence electrons. The summed E-state index contributed by atoms with van der Waals surface area (Å²) in [5, 5.41) is 10.2. The Kier molecular flexibility index (Phi) is 9.84. The Labute approximate surface area is 141 Å². The van der Waals surface area contributed by atoms with Crippen molar-refractivity contribution in [3.63, 3.8) is 0 Å². The van der Waals surface area contributed by atoms with Crippen LogP contribution < -0.4 is 16.0 Å². The quantitative estimate of drug-likeness (QED) is 0.352. The van der Waals surface area contributed by atoms with Gasteiger partial charge < -0.3 is 16.0 Å². The van der Waals surface area contributed by atoms with Crippen LogP contribution in [0.2, 0.25) is 0 Å². The van der Waals surface area contributed by atoms with E-state index in [-0.39, 0.29) is 0 Å². The fourth-order valence-electron chi connectivity index (χ4n) is 2.22. The predicted octanol–water partition coefficient (Wildman–Crippen LogP) is 3.26. The lowest BCUT2D eigenvalue weighted by Gasteiger charge is -2.18. The first-order chi connectivity index (χ1) is 11.1. The van der Waals surface area contributed by atoms with Crippen molar-refractivity contribution in [1.82, 2.24) is 15.6 Å². The number of guanidine groups is 1. The van der Waals surface area contributed by atoms with Gasteiger partial charge >= 0.3 is 0 Å². The van der Waals surface area contributed by atoms with Crippen LogP contribution in [0.4, 0.5) is 5.82 Å². The van der Waals surface area contributed by atoms with E-state index in [0.717, 1.165) is 43.6 Å². The van der Waals surface area contributed by atoms with Crippen molar-refractivity contribution in [3.05, 3.63) is 24.4 Å². The molecule has 1 unspecified atom stereocenters. The summed E-state index contributed by atoms with van der Waals surface area (Å²) in [6.45, 7) is 8.61. The van der Waals surface area contributed by atoms with Gasteiger partial charge in [-0.25, -0.2) is 4.98 Å². The molecule has 0 spiro atoms. The van der Waals surface area contributed by atoms with Crippen molar-refractivity contribution < 1.29 is 0 Å². The summed E-state index contributed by atoms with van der Waals surface area (Å²) in [5.41, 5.74) is 0. The van der Waals surface area contributed by atoms with E-state index in [1.807, 2.05) is 25.2 Å². The Morgan fingerprint density at radius 2 is 1.91 bits per heavy atom. The molecular formula is C18H33N5. The first-order valence-corrected chi connectivity index (χ1v) is 8.74. The maximum atomic E-state index is 4.29. The third kappa shape index (κ3) is 9.76. The third-order valence-corrected chi connectivity index (χ3v) is 3.65. The Balaban J connectivity index is 2.08. The second-order valence-electron chi connectivity index (χ2n) is 6.36. The first kappa shape index (κ1) is 19.3. The molecule has 1 aromatic rings. The molecule has 23 heavy (non-hydrogen) atoms. The summed E-state index contributed by atoms with van der Waals surface area (Å²) in [4.78, 5) is 8.53.